The van der Waals surface area contributed by atoms with Crippen LogP contribution in [0.1, 0.15) is 22.3 Å². The van der Waals surface area contributed by atoms with E-state index in [1.165, 1.54) is 33.4 Å². The summed E-state index contributed by atoms with van der Waals surface area (Å²) in [4.78, 5) is 0. The van der Waals surface area contributed by atoms with E-state index in [1.807, 2.05) is 0 Å². The lowest BCUT2D eigenvalue weighted by molar-refractivity contribution is 0.938. The van der Waals surface area contributed by atoms with Crippen LogP contribution in [0.3, 0.4) is 0 Å². The molecule has 4 aromatic rings. The first-order valence-corrected chi connectivity index (χ1v) is 9.64. The van der Waals surface area contributed by atoms with Crippen LogP contribution in [-0.2, 0) is 19.3 Å². The topological polar surface area (TPSA) is 0 Å². The van der Waals surface area contributed by atoms with E-state index < -0.39 is 0 Å². The van der Waals surface area contributed by atoms with Crippen LogP contribution in [0.15, 0.2) is 109 Å². The van der Waals surface area contributed by atoms with Gasteiger partial charge in [-0.05, 0) is 52.6 Å². The highest BCUT2D eigenvalue weighted by atomic mass is 14.2. The first-order chi connectivity index (χ1) is 13.4. The predicted molar refractivity (Wildman–Crippen MR) is 115 cm³/mol. The molecule has 0 heterocycles. The van der Waals surface area contributed by atoms with Crippen LogP contribution in [0.2, 0.25) is 0 Å². The van der Waals surface area contributed by atoms with Crippen molar-refractivity contribution in [2.45, 2.75) is 19.3 Å². The fourth-order valence-corrected chi connectivity index (χ4v) is 3.69. The standard InChI is InChI=1S/C27H24/c1-4-11-22(12-5-1)19-20-25-17-10-18-26(24-15-8-3-9-16-24)27(25)21-23-13-6-2-7-14-23/h1-18H,19-21H2. The van der Waals surface area contributed by atoms with Gasteiger partial charge in [-0.2, -0.15) is 0 Å². The molecule has 0 unspecified atom stereocenters. The Hall–Kier alpha value is -3.12. The number of hydrogen-bond donors (Lipinski definition) is 0. The molecule has 0 amide bonds. The summed E-state index contributed by atoms with van der Waals surface area (Å²) in [5, 5.41) is 0. The van der Waals surface area contributed by atoms with Crippen LogP contribution in [-0.4, -0.2) is 0 Å². The fourth-order valence-electron chi connectivity index (χ4n) is 3.69. The lowest BCUT2D eigenvalue weighted by atomic mass is 9.89. The number of benzene rings is 4. The van der Waals surface area contributed by atoms with Crippen molar-refractivity contribution in [1.82, 2.24) is 0 Å². The second-order valence-corrected chi connectivity index (χ2v) is 6.96. The van der Waals surface area contributed by atoms with Crippen LogP contribution in [0.5, 0.6) is 0 Å². The number of aryl methyl sites for hydroxylation is 2. The quantitative estimate of drug-likeness (QED) is 0.362. The SMILES string of the molecule is c1ccc(CCc2cccc(-c3ccccc3)c2Cc2ccccc2)cc1. The summed E-state index contributed by atoms with van der Waals surface area (Å²) in [5.41, 5.74) is 8.31. The number of rotatable bonds is 6. The molecule has 0 aliphatic carbocycles. The van der Waals surface area contributed by atoms with Gasteiger partial charge in [0.2, 0.25) is 0 Å². The Balaban J connectivity index is 1.71. The van der Waals surface area contributed by atoms with Crippen molar-refractivity contribution < 1.29 is 0 Å². The fraction of sp³-hybridized carbons (Fsp3) is 0.111. The average molecular weight is 348 g/mol. The number of hydrogen-bond acceptors (Lipinski definition) is 0. The van der Waals surface area contributed by atoms with Gasteiger partial charge >= 0.3 is 0 Å². The van der Waals surface area contributed by atoms with E-state index in [0.29, 0.717) is 0 Å². The van der Waals surface area contributed by atoms with Gasteiger partial charge in [0, 0.05) is 0 Å². The third-order valence-corrected chi connectivity index (χ3v) is 5.11. The van der Waals surface area contributed by atoms with Gasteiger partial charge in [-0.15, -0.1) is 0 Å². The second-order valence-electron chi connectivity index (χ2n) is 6.96. The maximum atomic E-state index is 2.30. The highest BCUT2D eigenvalue weighted by Gasteiger charge is 2.11. The highest BCUT2D eigenvalue weighted by Crippen LogP contribution is 2.29. The zero-order valence-electron chi connectivity index (χ0n) is 15.5. The van der Waals surface area contributed by atoms with Crippen molar-refractivity contribution in [2.75, 3.05) is 0 Å². The lowest BCUT2D eigenvalue weighted by Crippen LogP contribution is -2.01. The van der Waals surface area contributed by atoms with Crippen LogP contribution in [0, 0.1) is 0 Å². The van der Waals surface area contributed by atoms with Crippen molar-refractivity contribution in [3.8, 4) is 11.1 Å². The molecule has 0 aromatic heterocycles. The van der Waals surface area contributed by atoms with Crippen LogP contribution < -0.4 is 0 Å². The maximum Gasteiger partial charge on any atom is -0.00169 e. The molecule has 0 radical (unpaired) electrons. The van der Waals surface area contributed by atoms with E-state index in [1.54, 1.807) is 0 Å². The summed E-state index contributed by atoms with van der Waals surface area (Å²) in [6.07, 6.45) is 3.10. The Morgan fingerprint density at radius 3 is 1.70 bits per heavy atom. The van der Waals surface area contributed by atoms with Gasteiger partial charge in [0.15, 0.2) is 0 Å². The molecule has 0 saturated heterocycles. The molecule has 0 saturated carbocycles. The molecular formula is C27H24. The van der Waals surface area contributed by atoms with Crippen LogP contribution >= 0.6 is 0 Å². The molecule has 0 aliphatic rings. The van der Waals surface area contributed by atoms with Gasteiger partial charge in [0.25, 0.3) is 0 Å². The first kappa shape index (κ1) is 17.3. The molecule has 0 aliphatic heterocycles. The van der Waals surface area contributed by atoms with E-state index in [2.05, 4.69) is 109 Å². The Bertz CT molecular complexity index is 970. The molecule has 0 spiro atoms. The van der Waals surface area contributed by atoms with E-state index in [9.17, 15) is 0 Å². The van der Waals surface area contributed by atoms with Crippen molar-refractivity contribution in [3.05, 3.63) is 131 Å². The Morgan fingerprint density at radius 1 is 0.444 bits per heavy atom. The zero-order chi connectivity index (χ0) is 18.3. The first-order valence-electron chi connectivity index (χ1n) is 9.64. The molecule has 27 heavy (non-hydrogen) atoms. The predicted octanol–water partition coefficient (Wildman–Crippen LogP) is 6.73. The summed E-state index contributed by atoms with van der Waals surface area (Å²) in [6, 6.07) is 39.1. The third-order valence-electron chi connectivity index (χ3n) is 5.11. The molecule has 4 rings (SSSR count). The van der Waals surface area contributed by atoms with E-state index in [-0.39, 0.29) is 0 Å². The minimum absolute atomic E-state index is 0.968. The molecule has 132 valence electrons. The molecule has 0 N–H and O–H groups in total. The summed E-state index contributed by atoms with van der Waals surface area (Å²) in [7, 11) is 0. The maximum absolute atomic E-state index is 2.30. The van der Waals surface area contributed by atoms with Crippen LogP contribution in [0.4, 0.5) is 0 Å². The second kappa shape index (κ2) is 8.51. The highest BCUT2D eigenvalue weighted by molar-refractivity contribution is 5.69. The van der Waals surface area contributed by atoms with Crippen molar-refractivity contribution in [2.24, 2.45) is 0 Å². The summed E-state index contributed by atoms with van der Waals surface area (Å²) >= 11 is 0. The smallest absolute Gasteiger partial charge is 0.00169 e. The molecule has 4 aromatic carbocycles. The summed E-state index contributed by atoms with van der Waals surface area (Å²) in [6.45, 7) is 0. The Morgan fingerprint density at radius 2 is 1.04 bits per heavy atom. The van der Waals surface area contributed by atoms with Gasteiger partial charge < -0.3 is 0 Å². The largest absolute Gasteiger partial charge is 0.0622 e. The Labute approximate surface area is 162 Å². The normalized spacial score (nSPS) is 10.7. The van der Waals surface area contributed by atoms with Gasteiger partial charge in [0.05, 0.1) is 0 Å². The summed E-state index contributed by atoms with van der Waals surface area (Å²) in [5.74, 6) is 0. The molecule has 0 nitrogen and oxygen atoms in total. The van der Waals surface area contributed by atoms with Gasteiger partial charge in [-0.25, -0.2) is 0 Å². The van der Waals surface area contributed by atoms with Gasteiger partial charge in [-0.1, -0.05) is 109 Å². The van der Waals surface area contributed by atoms with Crippen LogP contribution in [0.25, 0.3) is 11.1 Å². The molecule has 0 bridgehead atoms. The molecule has 0 atom stereocenters. The lowest BCUT2D eigenvalue weighted by Gasteiger charge is -2.16. The van der Waals surface area contributed by atoms with E-state index >= 15 is 0 Å². The molecule has 0 heteroatoms. The van der Waals surface area contributed by atoms with Gasteiger partial charge in [-0.3, -0.25) is 0 Å². The van der Waals surface area contributed by atoms with Crippen molar-refractivity contribution in [1.29, 1.82) is 0 Å². The molecular weight excluding hydrogens is 324 g/mol. The Kier molecular flexibility index (Phi) is 5.45. The zero-order valence-corrected chi connectivity index (χ0v) is 15.5. The van der Waals surface area contributed by atoms with Gasteiger partial charge in [0.1, 0.15) is 0 Å². The monoisotopic (exact) mass is 348 g/mol. The minimum atomic E-state index is 0.968. The minimum Gasteiger partial charge on any atom is -0.0622 e. The molecule has 0 fully saturated rings. The summed E-state index contributed by atoms with van der Waals surface area (Å²) < 4.78 is 0. The third kappa shape index (κ3) is 4.35. The van der Waals surface area contributed by atoms with E-state index in [0.717, 1.165) is 19.3 Å². The average Bonchev–Trinajstić information content (AvgIpc) is 2.75. The van der Waals surface area contributed by atoms with E-state index in [4.69, 9.17) is 0 Å². The van der Waals surface area contributed by atoms with Crippen molar-refractivity contribution >= 4 is 0 Å². The van der Waals surface area contributed by atoms with Crippen molar-refractivity contribution in [3.63, 3.8) is 0 Å².